The molecule has 0 aliphatic carbocycles. The second-order valence-corrected chi connectivity index (χ2v) is 15.0. The maximum atomic E-state index is 10.5. The lowest BCUT2D eigenvalue weighted by molar-refractivity contribution is -0.415. The Morgan fingerprint density at radius 3 is 0.667 bits per heavy atom. The normalized spacial score (nSPS) is 17.8. The van der Waals surface area contributed by atoms with Gasteiger partial charge in [-0.15, -0.1) is 0 Å². The molecular formula is C26H60N6O7. The molecule has 0 aliphatic rings. The number of rotatable bonds is 14. The van der Waals surface area contributed by atoms with Gasteiger partial charge in [0.05, 0.1) is 0 Å². The Balaban J connectivity index is 7.38. The Labute approximate surface area is 234 Å². The molecule has 0 radical (unpaired) electrons. The van der Waals surface area contributed by atoms with E-state index in [1.165, 1.54) is 0 Å². The second-order valence-electron chi connectivity index (χ2n) is 15.0. The van der Waals surface area contributed by atoms with Crippen LogP contribution in [0.25, 0.3) is 0 Å². The molecule has 0 amide bonds. The van der Waals surface area contributed by atoms with E-state index >= 15 is 0 Å². The minimum atomic E-state index is -3.58. The fourth-order valence-electron chi connectivity index (χ4n) is 7.87. The van der Waals surface area contributed by atoms with Crippen molar-refractivity contribution in [2.75, 3.05) is 0 Å². The lowest BCUT2D eigenvalue weighted by atomic mass is 9.50. The summed E-state index contributed by atoms with van der Waals surface area (Å²) in [6, 6.07) is 0. The van der Waals surface area contributed by atoms with E-state index in [-0.39, 0.29) is 0 Å². The van der Waals surface area contributed by atoms with Gasteiger partial charge in [-0.25, -0.2) is 0 Å². The molecule has 2 atom stereocenters. The summed E-state index contributed by atoms with van der Waals surface area (Å²) in [4.78, 5) is 0. The lowest BCUT2D eigenvalue weighted by Gasteiger charge is -2.62. The summed E-state index contributed by atoms with van der Waals surface area (Å²) < 4.78 is 5.83. The predicted octanol–water partition coefficient (Wildman–Crippen LogP) is -1.82. The molecule has 0 aromatic heterocycles. The van der Waals surface area contributed by atoms with Crippen LogP contribution >= 0.6 is 0 Å². The highest BCUT2D eigenvalue weighted by Crippen LogP contribution is 2.53. The molecule has 39 heavy (non-hydrogen) atoms. The fraction of sp³-hybridized carbons (Fsp3) is 1.00. The molecule has 0 aromatic carbocycles. The molecule has 0 aliphatic heterocycles. The Kier molecular flexibility index (Phi) is 10.5. The number of hydrogen-bond donors (Lipinski definition) is 12. The summed E-state index contributed by atoms with van der Waals surface area (Å²) in [7, 11) is 0. The van der Waals surface area contributed by atoms with Crippen LogP contribution in [0.1, 0.15) is 95.9 Å². The molecule has 0 bridgehead atoms. The van der Waals surface area contributed by atoms with Crippen molar-refractivity contribution in [1.82, 2.24) is 0 Å². The van der Waals surface area contributed by atoms with Crippen LogP contribution in [0.15, 0.2) is 0 Å². The molecule has 18 N–H and O–H groups in total. The van der Waals surface area contributed by atoms with Crippen LogP contribution < -0.4 is 34.4 Å². The van der Waals surface area contributed by atoms with Gasteiger partial charge in [0, 0.05) is 44.1 Å². The molecule has 0 aromatic rings. The van der Waals surface area contributed by atoms with Crippen LogP contribution in [0.4, 0.5) is 0 Å². The molecule has 0 saturated carbocycles. The van der Waals surface area contributed by atoms with Gasteiger partial charge in [0.25, 0.3) is 0 Å². The van der Waals surface area contributed by atoms with E-state index < -0.39 is 81.1 Å². The van der Waals surface area contributed by atoms with Crippen molar-refractivity contribution in [3.05, 3.63) is 0 Å². The molecule has 2 unspecified atom stereocenters. The molecule has 0 spiro atoms. The Morgan fingerprint density at radius 2 is 0.564 bits per heavy atom. The van der Waals surface area contributed by atoms with Gasteiger partial charge < -0.3 is 69.8 Å². The first-order valence-electron chi connectivity index (χ1n) is 13.1. The highest BCUT2D eigenvalue weighted by atomic mass is 16.7. The molecule has 13 nitrogen and oxygen atoms in total. The average Bonchev–Trinajstić information content (AvgIpc) is 2.51. The van der Waals surface area contributed by atoms with E-state index in [9.17, 15) is 30.6 Å². The van der Waals surface area contributed by atoms with Crippen LogP contribution in [-0.4, -0.2) is 88.0 Å². The minimum absolute atomic E-state index is 0.503. The topological polar surface area (TPSA) is 287 Å². The molecular weight excluding hydrogens is 508 g/mol. The zero-order valence-corrected chi connectivity index (χ0v) is 26.1. The van der Waals surface area contributed by atoms with E-state index in [4.69, 9.17) is 39.1 Å². The summed E-state index contributed by atoms with van der Waals surface area (Å²) in [5.74, 6) is -7.15. The Hall–Kier alpha value is -0.520. The highest BCUT2D eigenvalue weighted by molar-refractivity contribution is 5.19. The first-order chi connectivity index (χ1) is 16.4. The van der Waals surface area contributed by atoms with Gasteiger partial charge in [-0.05, 0) is 95.9 Å². The smallest absolute Gasteiger partial charge is 0.303 e. The molecule has 0 saturated heterocycles. The van der Waals surface area contributed by atoms with Crippen LogP contribution in [0.2, 0.25) is 0 Å². The van der Waals surface area contributed by atoms with Gasteiger partial charge >= 0.3 is 11.9 Å². The van der Waals surface area contributed by atoms with Crippen molar-refractivity contribution in [1.29, 1.82) is 0 Å². The van der Waals surface area contributed by atoms with Crippen molar-refractivity contribution in [2.24, 2.45) is 45.2 Å². The van der Waals surface area contributed by atoms with Gasteiger partial charge in [-0.2, -0.15) is 0 Å². The van der Waals surface area contributed by atoms with Gasteiger partial charge in [0.1, 0.15) is 12.2 Å². The third kappa shape index (κ3) is 7.47. The number of aliphatic hydroxyl groups is 6. The summed E-state index contributed by atoms with van der Waals surface area (Å²) >= 11 is 0. The van der Waals surface area contributed by atoms with E-state index in [0.29, 0.717) is 0 Å². The largest absolute Gasteiger partial charge is 0.358 e. The number of nitrogens with two attached hydrogens (primary N) is 6. The molecule has 236 valence electrons. The van der Waals surface area contributed by atoms with Crippen LogP contribution in [0, 0.1) is 10.8 Å². The highest BCUT2D eigenvalue weighted by Gasteiger charge is 2.64. The summed E-state index contributed by atoms with van der Waals surface area (Å²) in [5, 5.41) is 62.9. The summed E-state index contributed by atoms with van der Waals surface area (Å²) in [6.07, 6.45) is -5.09. The summed E-state index contributed by atoms with van der Waals surface area (Å²) in [5.41, 5.74) is 29.5. The predicted molar refractivity (Wildman–Crippen MR) is 151 cm³/mol. The summed E-state index contributed by atoms with van der Waals surface area (Å²) in [6.45, 7) is 19.7. The molecule has 0 heterocycles. The second kappa shape index (κ2) is 10.6. The van der Waals surface area contributed by atoms with Gasteiger partial charge in [0.15, 0.2) is 0 Å². The van der Waals surface area contributed by atoms with Crippen molar-refractivity contribution >= 4 is 0 Å². The minimum Gasteiger partial charge on any atom is -0.358 e. The first kappa shape index (κ1) is 38.5. The third-order valence-corrected chi connectivity index (χ3v) is 8.78. The van der Waals surface area contributed by atoms with E-state index in [1.54, 1.807) is 83.1 Å². The van der Waals surface area contributed by atoms with Crippen molar-refractivity contribution in [2.45, 2.75) is 153 Å². The van der Waals surface area contributed by atoms with Crippen LogP contribution in [0.5, 0.6) is 0 Å². The fourth-order valence-corrected chi connectivity index (χ4v) is 7.87. The lowest BCUT2D eigenvalue weighted by Crippen LogP contribution is -2.77. The number of ether oxygens (including phenoxy) is 1. The van der Waals surface area contributed by atoms with Gasteiger partial charge in [-0.1, -0.05) is 0 Å². The maximum Gasteiger partial charge on any atom is 0.303 e. The standard InChI is InChI=1S/C26H60N6O7/c1-17(2,27)23(18(3,4)28,19(5,6)29)13-15(25(33,34)35)39-16(26(36,37)38)14-24(20(7,8)30,21(9,10)31)22(11,12)32/h15-16,33-38H,13-14,27-32H2,1-12H3. The molecule has 0 rings (SSSR count). The van der Waals surface area contributed by atoms with Crippen LogP contribution in [-0.2, 0) is 4.74 Å². The SMILES string of the molecule is CC(C)(N)C(CC(OC(CC(C(C)(C)N)(C(C)(C)N)C(C)(C)N)C(O)(O)O)C(O)(O)O)(C(C)(C)N)C(C)(C)N. The maximum absolute atomic E-state index is 10.5. The first-order valence-corrected chi connectivity index (χ1v) is 13.1. The zero-order valence-electron chi connectivity index (χ0n) is 26.1. The average molecular weight is 569 g/mol. The van der Waals surface area contributed by atoms with Crippen molar-refractivity contribution < 1.29 is 35.4 Å². The van der Waals surface area contributed by atoms with Gasteiger partial charge in [-0.3, -0.25) is 0 Å². The Bertz CT molecular complexity index is 672. The quantitative estimate of drug-likeness (QED) is 0.103. The van der Waals surface area contributed by atoms with E-state index in [2.05, 4.69) is 0 Å². The van der Waals surface area contributed by atoms with Crippen molar-refractivity contribution in [3.8, 4) is 0 Å². The number of hydrogen-bond acceptors (Lipinski definition) is 13. The van der Waals surface area contributed by atoms with E-state index in [0.717, 1.165) is 0 Å². The van der Waals surface area contributed by atoms with Crippen molar-refractivity contribution in [3.63, 3.8) is 0 Å². The Morgan fingerprint density at radius 1 is 0.410 bits per heavy atom. The van der Waals surface area contributed by atoms with Crippen LogP contribution in [0.3, 0.4) is 0 Å². The third-order valence-electron chi connectivity index (χ3n) is 8.78. The molecule has 0 fully saturated rings. The van der Waals surface area contributed by atoms with Gasteiger partial charge in [0.2, 0.25) is 0 Å². The zero-order chi connectivity index (χ0) is 32.3. The van der Waals surface area contributed by atoms with E-state index in [1.807, 2.05) is 0 Å². The monoisotopic (exact) mass is 568 g/mol. The molecule has 13 heteroatoms.